The molecule has 0 aliphatic heterocycles. The summed E-state index contributed by atoms with van der Waals surface area (Å²) in [5.74, 6) is 0.635. The number of nitrogens with zero attached hydrogens (tertiary/aromatic N) is 3. The number of carbonyl (C=O) groups excluding carboxylic acids is 1. The van der Waals surface area contributed by atoms with E-state index in [1.54, 1.807) is 25.1 Å². The monoisotopic (exact) mass is 377 g/mol. The van der Waals surface area contributed by atoms with E-state index < -0.39 is 5.97 Å². The smallest absolute Gasteiger partial charge is 0.340 e. The summed E-state index contributed by atoms with van der Waals surface area (Å²) in [5, 5.41) is 3.14. The van der Waals surface area contributed by atoms with Crippen LogP contribution in [0.25, 0.3) is 0 Å². The molecule has 0 fully saturated rings. The van der Waals surface area contributed by atoms with Crippen molar-refractivity contribution in [2.75, 3.05) is 29.6 Å². The maximum atomic E-state index is 12.2. The molecule has 0 spiro atoms. The molecule has 0 aliphatic rings. The molecule has 28 heavy (non-hydrogen) atoms. The normalized spacial score (nSPS) is 10.4. The number of hydrogen-bond donors (Lipinski definition) is 2. The predicted octanol–water partition coefficient (Wildman–Crippen LogP) is 3.62. The molecular formula is C21H23N5O2. The fraction of sp³-hybridized carbons (Fsp3) is 0.190. The van der Waals surface area contributed by atoms with Gasteiger partial charge in [-0.3, -0.25) is 0 Å². The lowest BCUT2D eigenvalue weighted by Gasteiger charge is -2.21. The van der Waals surface area contributed by atoms with Crippen molar-refractivity contribution in [3.63, 3.8) is 0 Å². The van der Waals surface area contributed by atoms with Crippen LogP contribution in [-0.2, 0) is 11.3 Å². The number of benzene rings is 2. The van der Waals surface area contributed by atoms with Crippen LogP contribution in [0.4, 0.5) is 23.0 Å². The highest BCUT2D eigenvalue weighted by molar-refractivity contribution is 5.97. The fourth-order valence-corrected chi connectivity index (χ4v) is 2.83. The molecule has 7 heteroatoms. The Hall–Kier alpha value is -3.61. The second kappa shape index (κ2) is 8.85. The summed E-state index contributed by atoms with van der Waals surface area (Å²) >= 11 is 0. The Kier molecular flexibility index (Phi) is 6.06. The largest absolute Gasteiger partial charge is 0.462 e. The van der Waals surface area contributed by atoms with E-state index in [1.807, 2.05) is 48.3 Å². The number of para-hydroxylation sites is 1. The van der Waals surface area contributed by atoms with E-state index in [9.17, 15) is 4.79 Å². The van der Waals surface area contributed by atoms with Crippen molar-refractivity contribution in [1.82, 2.24) is 9.97 Å². The van der Waals surface area contributed by atoms with E-state index in [1.165, 1.54) is 6.33 Å². The van der Waals surface area contributed by atoms with Crippen molar-refractivity contribution >= 4 is 29.0 Å². The van der Waals surface area contributed by atoms with Gasteiger partial charge in [0.15, 0.2) is 11.6 Å². The lowest BCUT2D eigenvalue weighted by atomic mass is 10.1. The third kappa shape index (κ3) is 4.37. The number of carbonyl (C=O) groups is 1. The van der Waals surface area contributed by atoms with Gasteiger partial charge in [-0.25, -0.2) is 14.8 Å². The molecular weight excluding hydrogens is 354 g/mol. The second-order valence-corrected chi connectivity index (χ2v) is 6.19. The van der Waals surface area contributed by atoms with Gasteiger partial charge in [0.1, 0.15) is 12.0 Å². The summed E-state index contributed by atoms with van der Waals surface area (Å²) < 4.78 is 5.11. The number of nitrogen functional groups attached to an aromatic ring is 1. The average molecular weight is 377 g/mol. The van der Waals surface area contributed by atoms with Crippen LogP contribution >= 0.6 is 0 Å². The molecule has 0 saturated heterocycles. The van der Waals surface area contributed by atoms with Gasteiger partial charge >= 0.3 is 5.97 Å². The van der Waals surface area contributed by atoms with Crippen LogP contribution in [0.3, 0.4) is 0 Å². The van der Waals surface area contributed by atoms with Crippen molar-refractivity contribution in [3.8, 4) is 0 Å². The summed E-state index contributed by atoms with van der Waals surface area (Å²) in [6.07, 6.45) is 1.45. The molecule has 7 nitrogen and oxygen atoms in total. The van der Waals surface area contributed by atoms with Crippen LogP contribution in [-0.4, -0.2) is 29.6 Å². The van der Waals surface area contributed by atoms with Gasteiger partial charge in [0.05, 0.1) is 17.9 Å². The zero-order valence-electron chi connectivity index (χ0n) is 15.9. The molecule has 0 unspecified atom stereocenters. The number of nitrogens with one attached hydrogen (secondary N) is 1. The van der Waals surface area contributed by atoms with E-state index >= 15 is 0 Å². The number of nitrogens with two attached hydrogens (primary N) is 1. The molecule has 3 aromatic rings. The molecule has 0 saturated carbocycles. The molecule has 1 aromatic heterocycles. The van der Waals surface area contributed by atoms with Crippen LogP contribution in [0, 0.1) is 0 Å². The average Bonchev–Trinajstić information content (AvgIpc) is 2.71. The fourth-order valence-electron chi connectivity index (χ4n) is 2.83. The molecule has 0 atom stereocenters. The van der Waals surface area contributed by atoms with Crippen molar-refractivity contribution < 1.29 is 9.53 Å². The molecule has 144 valence electrons. The maximum Gasteiger partial charge on any atom is 0.340 e. The highest BCUT2D eigenvalue weighted by Gasteiger charge is 2.16. The maximum absolute atomic E-state index is 12.2. The molecule has 0 aliphatic carbocycles. The molecule has 1 heterocycles. The number of esters is 1. The quantitative estimate of drug-likeness (QED) is 0.607. The van der Waals surface area contributed by atoms with Crippen molar-refractivity contribution in [2.24, 2.45) is 0 Å². The van der Waals surface area contributed by atoms with Gasteiger partial charge in [-0.2, -0.15) is 0 Å². The first-order valence-electron chi connectivity index (χ1n) is 8.98. The number of ether oxygens (including phenoxy) is 1. The highest BCUT2D eigenvalue weighted by atomic mass is 16.5. The van der Waals surface area contributed by atoms with Gasteiger partial charge in [0.2, 0.25) is 0 Å². The van der Waals surface area contributed by atoms with Gasteiger partial charge in [0, 0.05) is 13.6 Å². The van der Waals surface area contributed by atoms with Crippen LogP contribution in [0.5, 0.6) is 0 Å². The molecule has 0 radical (unpaired) electrons. The Morgan fingerprint density at radius 3 is 2.57 bits per heavy atom. The minimum atomic E-state index is -0.403. The predicted molar refractivity (Wildman–Crippen MR) is 111 cm³/mol. The van der Waals surface area contributed by atoms with E-state index in [0.29, 0.717) is 41.7 Å². The molecule has 0 bridgehead atoms. The molecule has 3 rings (SSSR count). The Bertz CT molecular complexity index is 947. The summed E-state index contributed by atoms with van der Waals surface area (Å²) in [4.78, 5) is 22.7. The van der Waals surface area contributed by atoms with Gasteiger partial charge in [0.25, 0.3) is 0 Å². The van der Waals surface area contributed by atoms with E-state index in [4.69, 9.17) is 10.5 Å². The van der Waals surface area contributed by atoms with E-state index in [-0.39, 0.29) is 0 Å². The number of aromatic nitrogens is 2. The third-order valence-electron chi connectivity index (χ3n) is 4.16. The summed E-state index contributed by atoms with van der Waals surface area (Å²) in [5.41, 5.74) is 8.86. The van der Waals surface area contributed by atoms with Crippen molar-refractivity contribution in [2.45, 2.75) is 13.5 Å². The first-order chi connectivity index (χ1) is 13.6. The summed E-state index contributed by atoms with van der Waals surface area (Å²) in [6, 6.07) is 17.1. The molecule has 3 N–H and O–H groups in total. The Labute approximate surface area is 164 Å². The summed E-state index contributed by atoms with van der Waals surface area (Å²) in [6.45, 7) is 2.73. The topological polar surface area (TPSA) is 93.4 Å². The molecule has 2 aromatic carbocycles. The van der Waals surface area contributed by atoms with Gasteiger partial charge in [-0.1, -0.05) is 42.5 Å². The lowest BCUT2D eigenvalue weighted by molar-refractivity contribution is 0.0527. The Morgan fingerprint density at radius 1 is 1.11 bits per heavy atom. The van der Waals surface area contributed by atoms with E-state index in [0.717, 1.165) is 5.56 Å². The van der Waals surface area contributed by atoms with Crippen LogP contribution in [0.15, 0.2) is 60.9 Å². The minimum Gasteiger partial charge on any atom is -0.462 e. The van der Waals surface area contributed by atoms with Gasteiger partial charge < -0.3 is 20.7 Å². The number of hydrogen-bond acceptors (Lipinski definition) is 7. The first-order valence-corrected chi connectivity index (χ1v) is 8.98. The Balaban J connectivity index is 1.85. The highest BCUT2D eigenvalue weighted by Crippen LogP contribution is 2.30. The summed E-state index contributed by atoms with van der Waals surface area (Å²) in [7, 11) is 1.92. The van der Waals surface area contributed by atoms with Crippen LogP contribution in [0.1, 0.15) is 22.8 Å². The van der Waals surface area contributed by atoms with E-state index in [2.05, 4.69) is 15.3 Å². The van der Waals surface area contributed by atoms with Crippen LogP contribution < -0.4 is 16.0 Å². The van der Waals surface area contributed by atoms with Crippen molar-refractivity contribution in [1.29, 1.82) is 0 Å². The second-order valence-electron chi connectivity index (χ2n) is 6.19. The Morgan fingerprint density at radius 2 is 1.82 bits per heavy atom. The standard InChI is InChI=1S/C21H23N5O2/c1-3-28-21(27)16-11-7-8-12-17(16)25-19-18(22)20(24-14-23-19)26(2)13-15-9-5-4-6-10-15/h4-12,14H,3,13,22H2,1-2H3,(H,23,24,25). The third-order valence-corrected chi connectivity index (χ3v) is 4.16. The number of rotatable bonds is 7. The number of anilines is 4. The zero-order valence-corrected chi connectivity index (χ0v) is 15.9. The van der Waals surface area contributed by atoms with Crippen molar-refractivity contribution in [3.05, 3.63) is 72.1 Å². The van der Waals surface area contributed by atoms with Crippen LogP contribution in [0.2, 0.25) is 0 Å². The lowest BCUT2D eigenvalue weighted by Crippen LogP contribution is -2.20. The molecule has 0 amide bonds. The van der Waals surface area contributed by atoms with Gasteiger partial charge in [-0.05, 0) is 24.6 Å². The van der Waals surface area contributed by atoms with Gasteiger partial charge in [-0.15, -0.1) is 0 Å². The SMILES string of the molecule is CCOC(=O)c1ccccc1Nc1ncnc(N(C)Cc2ccccc2)c1N. The first kappa shape index (κ1) is 19.2. The zero-order chi connectivity index (χ0) is 19.9. The minimum absolute atomic E-state index is 0.303.